The summed E-state index contributed by atoms with van der Waals surface area (Å²) in [6, 6.07) is 0.924. The third kappa shape index (κ3) is 3.23. The van der Waals surface area contributed by atoms with E-state index in [9.17, 15) is 9.90 Å². The molecule has 1 aliphatic carbocycles. The largest absolute Gasteiger partial charge is 0.480 e. The summed E-state index contributed by atoms with van der Waals surface area (Å²) in [4.78, 5) is 13.9. The van der Waals surface area contributed by atoms with Crippen LogP contribution in [0.15, 0.2) is 0 Å². The summed E-state index contributed by atoms with van der Waals surface area (Å²) in [7, 11) is 2.13. The fraction of sp³-hybridized carbons (Fsp3) is 0.929. The molecule has 4 heteroatoms. The lowest BCUT2D eigenvalue weighted by Crippen LogP contribution is -2.51. The second kappa shape index (κ2) is 6.53. The molecule has 0 heterocycles. The lowest BCUT2D eigenvalue weighted by atomic mass is 9.97. The van der Waals surface area contributed by atoms with Gasteiger partial charge < -0.3 is 15.3 Å². The van der Waals surface area contributed by atoms with Crippen LogP contribution in [-0.2, 0) is 4.79 Å². The van der Waals surface area contributed by atoms with Crippen molar-refractivity contribution in [3.8, 4) is 0 Å². The fourth-order valence-corrected chi connectivity index (χ4v) is 3.12. The lowest BCUT2D eigenvalue weighted by Gasteiger charge is -2.32. The average Bonchev–Trinajstić information content (AvgIpc) is 2.74. The molecule has 3 unspecified atom stereocenters. The lowest BCUT2D eigenvalue weighted by molar-refractivity contribution is -0.144. The highest BCUT2D eigenvalue weighted by Gasteiger charge is 2.46. The van der Waals surface area contributed by atoms with Crippen LogP contribution in [0.25, 0.3) is 0 Å². The number of hydrogen-bond acceptors (Lipinski definition) is 3. The summed E-state index contributed by atoms with van der Waals surface area (Å²) in [5.74, 6) is -0.691. The smallest absolute Gasteiger partial charge is 0.323 e. The van der Waals surface area contributed by atoms with Crippen molar-refractivity contribution in [3.63, 3.8) is 0 Å². The molecule has 2 N–H and O–H groups in total. The summed E-state index contributed by atoms with van der Waals surface area (Å²) >= 11 is 0. The molecule has 3 atom stereocenters. The van der Waals surface area contributed by atoms with Crippen molar-refractivity contribution in [2.45, 2.75) is 70.5 Å². The summed E-state index contributed by atoms with van der Waals surface area (Å²) in [6.45, 7) is 7.12. The van der Waals surface area contributed by atoms with Gasteiger partial charge in [-0.25, -0.2) is 0 Å². The molecule has 4 nitrogen and oxygen atoms in total. The Morgan fingerprint density at radius 1 is 1.56 bits per heavy atom. The summed E-state index contributed by atoms with van der Waals surface area (Å²) in [5, 5.41) is 12.6. The van der Waals surface area contributed by atoms with Crippen LogP contribution in [0.2, 0.25) is 0 Å². The van der Waals surface area contributed by atoms with Gasteiger partial charge in [0, 0.05) is 12.1 Å². The van der Waals surface area contributed by atoms with Crippen molar-refractivity contribution in [2.75, 3.05) is 13.6 Å². The zero-order chi connectivity index (χ0) is 13.8. The predicted octanol–water partition coefficient (Wildman–Crippen LogP) is 2.09. The fourth-order valence-electron chi connectivity index (χ4n) is 3.12. The quantitative estimate of drug-likeness (QED) is 0.732. The van der Waals surface area contributed by atoms with Crippen LogP contribution in [0, 0.1) is 0 Å². The minimum atomic E-state index is -0.695. The van der Waals surface area contributed by atoms with Gasteiger partial charge in [0.1, 0.15) is 5.54 Å². The molecular weight excluding hydrogens is 228 g/mol. The molecule has 0 spiro atoms. The topological polar surface area (TPSA) is 52.6 Å². The Labute approximate surface area is 111 Å². The number of nitrogens with one attached hydrogen (secondary N) is 1. The van der Waals surface area contributed by atoms with Crippen LogP contribution in [0.5, 0.6) is 0 Å². The molecule has 106 valence electrons. The Bertz CT molecular complexity index is 283. The van der Waals surface area contributed by atoms with Gasteiger partial charge >= 0.3 is 5.97 Å². The molecule has 0 saturated heterocycles. The van der Waals surface area contributed by atoms with Crippen molar-refractivity contribution in [1.82, 2.24) is 10.2 Å². The highest BCUT2D eigenvalue weighted by atomic mass is 16.4. The van der Waals surface area contributed by atoms with Crippen molar-refractivity contribution < 1.29 is 9.90 Å². The van der Waals surface area contributed by atoms with E-state index < -0.39 is 11.5 Å². The monoisotopic (exact) mass is 256 g/mol. The van der Waals surface area contributed by atoms with Crippen LogP contribution >= 0.6 is 0 Å². The maximum atomic E-state index is 11.5. The van der Waals surface area contributed by atoms with E-state index in [0.29, 0.717) is 18.6 Å². The van der Waals surface area contributed by atoms with Gasteiger partial charge in [-0.1, -0.05) is 20.3 Å². The maximum Gasteiger partial charge on any atom is 0.323 e. The molecule has 0 aromatic rings. The molecule has 1 saturated carbocycles. The van der Waals surface area contributed by atoms with Crippen LogP contribution in [-0.4, -0.2) is 47.2 Å². The third-order valence-electron chi connectivity index (χ3n) is 4.39. The summed E-state index contributed by atoms with van der Waals surface area (Å²) in [6.07, 6.45) is 4.79. The van der Waals surface area contributed by atoms with Gasteiger partial charge in [0.2, 0.25) is 0 Å². The van der Waals surface area contributed by atoms with E-state index in [1.165, 1.54) is 12.8 Å². The van der Waals surface area contributed by atoms with Crippen molar-refractivity contribution >= 4 is 5.97 Å². The van der Waals surface area contributed by atoms with Crippen LogP contribution in [0.3, 0.4) is 0 Å². The molecule has 0 aromatic carbocycles. The van der Waals surface area contributed by atoms with Crippen molar-refractivity contribution in [1.29, 1.82) is 0 Å². The molecule has 0 bridgehead atoms. The molecule has 0 radical (unpaired) electrons. The van der Waals surface area contributed by atoms with Gasteiger partial charge in [-0.2, -0.15) is 0 Å². The Hall–Kier alpha value is -0.610. The molecule has 1 aliphatic rings. The first-order chi connectivity index (χ1) is 8.46. The Kier molecular flexibility index (Phi) is 5.60. The van der Waals surface area contributed by atoms with Crippen molar-refractivity contribution in [3.05, 3.63) is 0 Å². The molecule has 18 heavy (non-hydrogen) atoms. The van der Waals surface area contributed by atoms with E-state index >= 15 is 0 Å². The molecule has 0 aromatic heterocycles. The molecule has 1 rings (SSSR count). The van der Waals surface area contributed by atoms with Gasteiger partial charge in [0.25, 0.3) is 0 Å². The van der Waals surface area contributed by atoms with E-state index in [1.54, 1.807) is 0 Å². The Balaban J connectivity index is 2.65. The number of nitrogens with zero attached hydrogens (tertiary/aromatic N) is 1. The second-order valence-electron chi connectivity index (χ2n) is 5.62. The number of rotatable bonds is 7. The first kappa shape index (κ1) is 15.4. The summed E-state index contributed by atoms with van der Waals surface area (Å²) in [5.41, 5.74) is -0.695. The van der Waals surface area contributed by atoms with Gasteiger partial charge in [0.05, 0.1) is 0 Å². The SMILES string of the molecule is CCCC(C)N(C)C1CCC(NCC)(C(=O)O)C1. The number of carboxylic acid groups (broad SMARTS) is 1. The van der Waals surface area contributed by atoms with E-state index in [0.717, 1.165) is 19.3 Å². The number of likely N-dealkylation sites (N-methyl/N-ethyl adjacent to an activating group) is 1. The number of hydrogen-bond donors (Lipinski definition) is 2. The standard InChI is InChI=1S/C14H28N2O2/c1-5-7-11(3)16(4)12-8-9-14(10-12,13(17)18)15-6-2/h11-12,15H,5-10H2,1-4H3,(H,17,18). The zero-order valence-electron chi connectivity index (χ0n) is 12.2. The van der Waals surface area contributed by atoms with Gasteiger partial charge in [-0.15, -0.1) is 0 Å². The van der Waals surface area contributed by atoms with E-state index in [1.807, 2.05) is 6.92 Å². The van der Waals surface area contributed by atoms with Crippen LogP contribution in [0.4, 0.5) is 0 Å². The highest BCUT2D eigenvalue weighted by Crippen LogP contribution is 2.34. The van der Waals surface area contributed by atoms with Gasteiger partial charge in [-0.3, -0.25) is 4.79 Å². The predicted molar refractivity (Wildman–Crippen MR) is 73.8 cm³/mol. The normalized spacial score (nSPS) is 29.7. The van der Waals surface area contributed by atoms with Crippen molar-refractivity contribution in [2.24, 2.45) is 0 Å². The highest BCUT2D eigenvalue weighted by molar-refractivity contribution is 5.79. The Morgan fingerprint density at radius 2 is 2.22 bits per heavy atom. The molecule has 0 amide bonds. The van der Waals surface area contributed by atoms with E-state index in [-0.39, 0.29) is 0 Å². The maximum absolute atomic E-state index is 11.5. The first-order valence-electron chi connectivity index (χ1n) is 7.17. The van der Waals surface area contributed by atoms with Gasteiger partial charge in [0.15, 0.2) is 0 Å². The zero-order valence-corrected chi connectivity index (χ0v) is 12.2. The minimum Gasteiger partial charge on any atom is -0.480 e. The molecule has 0 aliphatic heterocycles. The molecular formula is C14H28N2O2. The van der Waals surface area contributed by atoms with E-state index in [4.69, 9.17) is 0 Å². The average molecular weight is 256 g/mol. The minimum absolute atomic E-state index is 0.390. The van der Waals surface area contributed by atoms with Gasteiger partial charge in [-0.05, 0) is 46.2 Å². The Morgan fingerprint density at radius 3 is 2.72 bits per heavy atom. The first-order valence-corrected chi connectivity index (χ1v) is 7.17. The molecule has 1 fully saturated rings. The van der Waals surface area contributed by atoms with Crippen LogP contribution < -0.4 is 5.32 Å². The number of aliphatic carboxylic acids is 1. The van der Waals surface area contributed by atoms with E-state index in [2.05, 4.69) is 31.1 Å². The number of carbonyl (C=O) groups is 1. The number of carboxylic acids is 1. The summed E-state index contributed by atoms with van der Waals surface area (Å²) < 4.78 is 0. The van der Waals surface area contributed by atoms with Crippen LogP contribution in [0.1, 0.15) is 52.9 Å². The third-order valence-corrected chi connectivity index (χ3v) is 4.39. The second-order valence-corrected chi connectivity index (χ2v) is 5.62.